The highest BCUT2D eigenvalue weighted by Gasteiger charge is 2.18. The van der Waals surface area contributed by atoms with Crippen molar-refractivity contribution >= 4 is 34.8 Å². The van der Waals surface area contributed by atoms with E-state index in [0.29, 0.717) is 33.7 Å². The Hall–Kier alpha value is -3.29. The average molecular weight is 470 g/mol. The van der Waals surface area contributed by atoms with Gasteiger partial charge in [-0.05, 0) is 61.9 Å². The number of anilines is 1. The minimum absolute atomic E-state index is 0.0885. The number of benzene rings is 2. The second-order valence-electron chi connectivity index (χ2n) is 7.23. The molecule has 0 radical (unpaired) electrons. The molecule has 1 N–H and O–H groups in total. The molecule has 0 atom stereocenters. The van der Waals surface area contributed by atoms with Crippen LogP contribution in [0.15, 0.2) is 60.8 Å². The molecule has 0 aliphatic carbocycles. The van der Waals surface area contributed by atoms with E-state index in [1.165, 1.54) is 4.68 Å². The molecular weight excluding hydrogens is 449 g/mol. The highest BCUT2D eigenvalue weighted by Crippen LogP contribution is 2.22. The Morgan fingerprint density at radius 2 is 1.62 bits per heavy atom. The monoisotopic (exact) mass is 469 g/mol. The van der Waals surface area contributed by atoms with Gasteiger partial charge in [-0.3, -0.25) is 9.48 Å². The van der Waals surface area contributed by atoms with Crippen LogP contribution in [0.3, 0.4) is 0 Å². The second-order valence-corrected chi connectivity index (χ2v) is 8.10. The first kappa shape index (κ1) is 21.9. The predicted molar refractivity (Wildman–Crippen MR) is 125 cm³/mol. The number of nitrogens with zero attached hydrogens (tertiary/aromatic N) is 4. The van der Waals surface area contributed by atoms with E-state index in [9.17, 15) is 4.79 Å². The lowest BCUT2D eigenvalue weighted by Crippen LogP contribution is -2.20. The summed E-state index contributed by atoms with van der Waals surface area (Å²) in [5, 5.41) is 13.1. The highest BCUT2D eigenvalue weighted by molar-refractivity contribution is 6.30. The molecule has 0 aliphatic heterocycles. The van der Waals surface area contributed by atoms with Crippen molar-refractivity contribution in [2.75, 3.05) is 5.32 Å². The van der Waals surface area contributed by atoms with Crippen LogP contribution in [0.4, 0.5) is 5.69 Å². The first-order valence-electron chi connectivity index (χ1n) is 9.90. The lowest BCUT2D eigenvalue weighted by Gasteiger charge is -2.11. The van der Waals surface area contributed by atoms with E-state index in [0.717, 1.165) is 17.0 Å². The standard InChI is InChI=1S/C23H21Cl2N5O2/c1-15-22(16(2)29(28-15)13-17-3-5-18(24)6-4-17)27-23(31)21-11-12-26-30(21)14-32-20-9-7-19(25)8-10-20/h3-12H,13-14H2,1-2H3,(H,27,31). The molecule has 9 heteroatoms. The molecule has 0 unspecified atom stereocenters. The van der Waals surface area contributed by atoms with Gasteiger partial charge in [0.15, 0.2) is 6.73 Å². The quantitative estimate of drug-likeness (QED) is 0.396. The van der Waals surface area contributed by atoms with Gasteiger partial charge in [-0.1, -0.05) is 35.3 Å². The van der Waals surface area contributed by atoms with Crippen LogP contribution in [0.1, 0.15) is 27.4 Å². The number of amides is 1. The fraction of sp³-hybridized carbons (Fsp3) is 0.174. The summed E-state index contributed by atoms with van der Waals surface area (Å²) in [5.74, 6) is 0.339. The van der Waals surface area contributed by atoms with Crippen LogP contribution in [0, 0.1) is 13.8 Å². The SMILES string of the molecule is Cc1nn(Cc2ccc(Cl)cc2)c(C)c1NC(=O)c1ccnn1COc1ccc(Cl)cc1. The molecule has 0 aliphatic rings. The molecule has 164 valence electrons. The summed E-state index contributed by atoms with van der Waals surface area (Å²) in [4.78, 5) is 13.0. The molecule has 0 fully saturated rings. The van der Waals surface area contributed by atoms with Crippen LogP contribution < -0.4 is 10.1 Å². The second kappa shape index (κ2) is 9.46. The van der Waals surface area contributed by atoms with Crippen molar-refractivity contribution in [1.82, 2.24) is 19.6 Å². The summed E-state index contributed by atoms with van der Waals surface area (Å²) in [5.41, 5.74) is 3.71. The van der Waals surface area contributed by atoms with E-state index in [-0.39, 0.29) is 12.6 Å². The zero-order valence-corrected chi connectivity index (χ0v) is 19.1. The largest absolute Gasteiger partial charge is 0.471 e. The van der Waals surface area contributed by atoms with Gasteiger partial charge in [-0.2, -0.15) is 10.2 Å². The first-order chi connectivity index (χ1) is 15.4. The molecule has 32 heavy (non-hydrogen) atoms. The van der Waals surface area contributed by atoms with Gasteiger partial charge in [0.25, 0.3) is 5.91 Å². The number of rotatable bonds is 7. The molecule has 1 amide bonds. The number of carbonyl (C=O) groups is 1. The highest BCUT2D eigenvalue weighted by atomic mass is 35.5. The number of hydrogen-bond donors (Lipinski definition) is 1. The van der Waals surface area contributed by atoms with E-state index in [1.807, 2.05) is 42.8 Å². The van der Waals surface area contributed by atoms with Crippen molar-refractivity contribution in [1.29, 1.82) is 0 Å². The molecule has 2 aromatic heterocycles. The molecule has 0 saturated heterocycles. The number of nitrogens with one attached hydrogen (secondary N) is 1. The van der Waals surface area contributed by atoms with E-state index >= 15 is 0 Å². The number of aryl methyl sites for hydroxylation is 1. The number of aromatic nitrogens is 4. The Balaban J connectivity index is 1.46. The van der Waals surface area contributed by atoms with Gasteiger partial charge in [0.1, 0.15) is 11.4 Å². The molecule has 4 aromatic rings. The van der Waals surface area contributed by atoms with Crippen LogP contribution in [0.25, 0.3) is 0 Å². The number of hydrogen-bond acceptors (Lipinski definition) is 4. The minimum Gasteiger partial charge on any atom is -0.471 e. The summed E-state index contributed by atoms with van der Waals surface area (Å²) in [7, 11) is 0. The van der Waals surface area contributed by atoms with E-state index in [2.05, 4.69) is 15.5 Å². The van der Waals surface area contributed by atoms with Crippen LogP contribution in [0.5, 0.6) is 5.75 Å². The maximum absolute atomic E-state index is 13.0. The molecule has 0 spiro atoms. The Labute approximate surface area is 195 Å². The third-order valence-electron chi connectivity index (χ3n) is 4.98. The molecular formula is C23H21Cl2N5O2. The van der Waals surface area contributed by atoms with Crippen molar-refractivity contribution in [2.45, 2.75) is 27.1 Å². The van der Waals surface area contributed by atoms with E-state index in [4.69, 9.17) is 27.9 Å². The van der Waals surface area contributed by atoms with E-state index < -0.39 is 0 Å². The maximum Gasteiger partial charge on any atom is 0.274 e. The smallest absolute Gasteiger partial charge is 0.274 e. The van der Waals surface area contributed by atoms with Gasteiger partial charge in [0.05, 0.1) is 23.6 Å². The van der Waals surface area contributed by atoms with Gasteiger partial charge in [-0.25, -0.2) is 4.68 Å². The third-order valence-corrected chi connectivity index (χ3v) is 5.49. The van der Waals surface area contributed by atoms with Crippen LogP contribution in [-0.2, 0) is 13.3 Å². The maximum atomic E-state index is 13.0. The van der Waals surface area contributed by atoms with E-state index in [1.54, 1.807) is 36.5 Å². The molecule has 2 aromatic carbocycles. The molecule has 2 heterocycles. The van der Waals surface area contributed by atoms with Gasteiger partial charge >= 0.3 is 0 Å². The average Bonchev–Trinajstić information content (AvgIpc) is 3.35. The van der Waals surface area contributed by atoms with Crippen LogP contribution in [0.2, 0.25) is 10.0 Å². The lowest BCUT2D eigenvalue weighted by atomic mass is 10.2. The summed E-state index contributed by atoms with van der Waals surface area (Å²) in [6.45, 7) is 4.45. The van der Waals surface area contributed by atoms with Crippen molar-refractivity contribution < 1.29 is 9.53 Å². The summed E-state index contributed by atoms with van der Waals surface area (Å²) < 4.78 is 9.06. The summed E-state index contributed by atoms with van der Waals surface area (Å²) in [6.07, 6.45) is 1.56. The summed E-state index contributed by atoms with van der Waals surface area (Å²) in [6, 6.07) is 16.2. The molecule has 7 nitrogen and oxygen atoms in total. The van der Waals surface area contributed by atoms with Crippen molar-refractivity contribution in [2.24, 2.45) is 0 Å². The van der Waals surface area contributed by atoms with Crippen LogP contribution in [-0.4, -0.2) is 25.5 Å². The fourth-order valence-corrected chi connectivity index (χ4v) is 3.52. The van der Waals surface area contributed by atoms with Crippen molar-refractivity contribution in [3.63, 3.8) is 0 Å². The first-order valence-corrected chi connectivity index (χ1v) is 10.7. The fourth-order valence-electron chi connectivity index (χ4n) is 3.27. The Morgan fingerprint density at radius 3 is 2.31 bits per heavy atom. The Bertz CT molecular complexity index is 1230. The zero-order valence-electron chi connectivity index (χ0n) is 17.5. The van der Waals surface area contributed by atoms with Crippen molar-refractivity contribution in [3.8, 4) is 5.75 Å². The Kier molecular flexibility index (Phi) is 6.48. The normalized spacial score (nSPS) is 10.9. The Morgan fingerprint density at radius 1 is 0.969 bits per heavy atom. The molecule has 0 bridgehead atoms. The van der Waals surface area contributed by atoms with Gasteiger partial charge in [0.2, 0.25) is 0 Å². The predicted octanol–water partition coefficient (Wildman–Crippen LogP) is 5.34. The third kappa shape index (κ3) is 4.95. The molecule has 0 saturated carbocycles. The minimum atomic E-state index is -0.292. The van der Waals surface area contributed by atoms with Gasteiger partial charge < -0.3 is 10.1 Å². The van der Waals surface area contributed by atoms with Crippen molar-refractivity contribution in [3.05, 3.63) is 93.5 Å². The topological polar surface area (TPSA) is 74.0 Å². The van der Waals surface area contributed by atoms with Crippen LogP contribution >= 0.6 is 23.2 Å². The van der Waals surface area contributed by atoms with Gasteiger partial charge in [-0.15, -0.1) is 0 Å². The van der Waals surface area contributed by atoms with Gasteiger partial charge in [0, 0.05) is 16.2 Å². The number of halogens is 2. The molecule has 4 rings (SSSR count). The zero-order chi connectivity index (χ0) is 22.7. The lowest BCUT2D eigenvalue weighted by molar-refractivity contribution is 0.100. The summed E-state index contributed by atoms with van der Waals surface area (Å²) >= 11 is 11.9. The number of ether oxygens (including phenoxy) is 1. The number of carbonyl (C=O) groups excluding carboxylic acids is 1.